The summed E-state index contributed by atoms with van der Waals surface area (Å²) in [4.78, 5) is 0. The molecule has 0 spiro atoms. The van der Waals surface area contributed by atoms with Crippen molar-refractivity contribution in [1.82, 2.24) is 0 Å². The first-order valence-corrected chi connectivity index (χ1v) is 6.11. The fraction of sp³-hybridized carbons (Fsp3) is 0.600. The number of rotatable bonds is 8. The third-order valence-electron chi connectivity index (χ3n) is 2.84. The van der Waals surface area contributed by atoms with E-state index in [4.69, 9.17) is 5.11 Å². The summed E-state index contributed by atoms with van der Waals surface area (Å²) in [6.45, 7) is 13.7. The van der Waals surface area contributed by atoms with E-state index < -0.39 is 0 Å². The number of aliphatic hydroxyl groups is 1. The lowest BCUT2D eigenvalue weighted by Crippen LogP contribution is -1.97. The lowest BCUT2D eigenvalue weighted by atomic mass is 10.00. The van der Waals surface area contributed by atoms with Gasteiger partial charge < -0.3 is 5.11 Å². The van der Waals surface area contributed by atoms with Gasteiger partial charge in [-0.25, -0.2) is 0 Å². The molecule has 0 aliphatic rings. The van der Waals surface area contributed by atoms with Crippen molar-refractivity contribution < 1.29 is 5.11 Å². The highest BCUT2D eigenvalue weighted by atomic mass is 16.3. The molecule has 0 aliphatic carbocycles. The summed E-state index contributed by atoms with van der Waals surface area (Å²) in [5.41, 5.74) is 2.69. The molecule has 0 heterocycles. The fourth-order valence-corrected chi connectivity index (χ4v) is 1.52. The van der Waals surface area contributed by atoms with Crippen LogP contribution in [-0.2, 0) is 0 Å². The van der Waals surface area contributed by atoms with Crippen LogP contribution in [0.3, 0.4) is 0 Å². The predicted octanol–water partition coefficient (Wildman–Crippen LogP) is 5.17. The third-order valence-corrected chi connectivity index (χ3v) is 2.84. The molecule has 0 aromatic heterocycles. The van der Waals surface area contributed by atoms with Gasteiger partial charge in [0.1, 0.15) is 0 Å². The summed E-state index contributed by atoms with van der Waals surface area (Å²) in [6.07, 6.45) is 7.74. The van der Waals surface area contributed by atoms with Crippen molar-refractivity contribution in [2.24, 2.45) is 5.92 Å². The Balaban J connectivity index is 3.68. The molecule has 0 fully saturated rings. The molecule has 1 heteroatoms. The molecule has 1 atom stereocenters. The Kier molecular flexibility index (Phi) is 7.70. The monoisotopic (exact) mass is 222 g/mol. The average Bonchev–Trinajstić information content (AvgIpc) is 2.16. The van der Waals surface area contributed by atoms with Gasteiger partial charge in [-0.15, -0.1) is 6.58 Å². The van der Waals surface area contributed by atoms with Crippen LogP contribution < -0.4 is 0 Å². The molecule has 0 radical (unpaired) electrons. The van der Waals surface area contributed by atoms with E-state index in [-0.39, 0.29) is 5.92 Å². The second-order valence-corrected chi connectivity index (χ2v) is 4.83. The lowest BCUT2D eigenvalue weighted by Gasteiger charge is -2.09. The van der Waals surface area contributed by atoms with Crippen molar-refractivity contribution in [2.75, 3.05) is 0 Å². The van der Waals surface area contributed by atoms with Crippen LogP contribution in [0, 0.1) is 5.92 Å². The Labute approximate surface area is 101 Å². The second kappa shape index (κ2) is 8.20. The summed E-state index contributed by atoms with van der Waals surface area (Å²) in [5, 5.41) is 9.17. The van der Waals surface area contributed by atoms with Gasteiger partial charge in [-0.2, -0.15) is 0 Å². The van der Waals surface area contributed by atoms with Crippen molar-refractivity contribution >= 4 is 0 Å². The zero-order valence-electron chi connectivity index (χ0n) is 11.1. The first kappa shape index (κ1) is 15.0. The zero-order valence-corrected chi connectivity index (χ0v) is 11.1. The Morgan fingerprint density at radius 2 is 1.88 bits per heavy atom. The highest BCUT2D eigenvalue weighted by Gasteiger charge is 2.04. The van der Waals surface area contributed by atoms with Crippen LogP contribution in [0.15, 0.2) is 36.1 Å². The van der Waals surface area contributed by atoms with Crippen LogP contribution in [0.4, 0.5) is 0 Å². The molecule has 0 aromatic carbocycles. The second-order valence-electron chi connectivity index (χ2n) is 4.83. The van der Waals surface area contributed by atoms with Gasteiger partial charge in [-0.3, -0.25) is 0 Å². The van der Waals surface area contributed by atoms with Crippen LogP contribution in [0.25, 0.3) is 0 Å². The van der Waals surface area contributed by atoms with E-state index in [1.54, 1.807) is 0 Å². The maximum atomic E-state index is 9.17. The van der Waals surface area contributed by atoms with Gasteiger partial charge in [0.05, 0.1) is 5.76 Å². The molecule has 0 bridgehead atoms. The summed E-state index contributed by atoms with van der Waals surface area (Å²) in [6, 6.07) is 0. The molecule has 0 rings (SSSR count). The summed E-state index contributed by atoms with van der Waals surface area (Å²) in [7, 11) is 0. The summed E-state index contributed by atoms with van der Waals surface area (Å²) in [5.74, 6) is 0.534. The van der Waals surface area contributed by atoms with Gasteiger partial charge in [-0.1, -0.05) is 30.7 Å². The van der Waals surface area contributed by atoms with E-state index >= 15 is 0 Å². The molecule has 1 unspecified atom stereocenters. The highest BCUT2D eigenvalue weighted by molar-refractivity contribution is 5.01. The molecule has 0 amide bonds. The van der Waals surface area contributed by atoms with E-state index in [1.165, 1.54) is 11.1 Å². The van der Waals surface area contributed by atoms with Gasteiger partial charge in [0.25, 0.3) is 0 Å². The number of allylic oxidation sites excluding steroid dienone is 4. The zero-order chi connectivity index (χ0) is 12.6. The lowest BCUT2D eigenvalue weighted by molar-refractivity contribution is 0.331. The van der Waals surface area contributed by atoms with Gasteiger partial charge in [0, 0.05) is 5.92 Å². The normalized spacial score (nSPS) is 13.6. The average molecular weight is 222 g/mol. The number of aliphatic hydroxyl groups excluding tert-OH is 1. The largest absolute Gasteiger partial charge is 0.513 e. The molecule has 0 saturated carbocycles. The van der Waals surface area contributed by atoms with Crippen molar-refractivity contribution in [3.05, 3.63) is 36.1 Å². The molecule has 92 valence electrons. The number of hydrogen-bond donors (Lipinski definition) is 1. The molecular weight excluding hydrogens is 196 g/mol. The summed E-state index contributed by atoms with van der Waals surface area (Å²) < 4.78 is 0. The number of hydrogen-bond acceptors (Lipinski definition) is 1. The Morgan fingerprint density at radius 1 is 1.25 bits per heavy atom. The van der Waals surface area contributed by atoms with Gasteiger partial charge in [0.15, 0.2) is 0 Å². The quantitative estimate of drug-likeness (QED) is 0.444. The smallest absolute Gasteiger partial charge is 0.0879 e. The molecule has 0 saturated heterocycles. The third kappa shape index (κ3) is 8.34. The van der Waals surface area contributed by atoms with E-state index in [2.05, 4.69) is 33.1 Å². The summed E-state index contributed by atoms with van der Waals surface area (Å²) >= 11 is 0. The van der Waals surface area contributed by atoms with Crippen LogP contribution in [-0.4, -0.2) is 5.11 Å². The highest BCUT2D eigenvalue weighted by Crippen LogP contribution is 2.17. The molecular formula is C15H26O. The van der Waals surface area contributed by atoms with Crippen molar-refractivity contribution in [3.8, 4) is 0 Å². The van der Waals surface area contributed by atoms with Crippen LogP contribution in [0.2, 0.25) is 0 Å². The molecule has 0 aromatic rings. The Morgan fingerprint density at radius 3 is 2.38 bits per heavy atom. The maximum Gasteiger partial charge on any atom is 0.0879 e. The van der Waals surface area contributed by atoms with E-state index in [0.717, 1.165) is 32.1 Å². The topological polar surface area (TPSA) is 20.2 Å². The Hall–Kier alpha value is -0.980. The minimum atomic E-state index is 0.225. The first-order chi connectivity index (χ1) is 7.43. The van der Waals surface area contributed by atoms with Gasteiger partial charge in [-0.05, 0) is 46.0 Å². The van der Waals surface area contributed by atoms with Crippen molar-refractivity contribution in [2.45, 2.75) is 52.9 Å². The minimum absolute atomic E-state index is 0.225. The molecule has 16 heavy (non-hydrogen) atoms. The minimum Gasteiger partial charge on any atom is -0.513 e. The van der Waals surface area contributed by atoms with Crippen molar-refractivity contribution in [1.29, 1.82) is 0 Å². The first-order valence-electron chi connectivity index (χ1n) is 6.11. The van der Waals surface area contributed by atoms with Crippen LogP contribution in [0.1, 0.15) is 52.9 Å². The molecule has 0 aliphatic heterocycles. The standard InChI is InChI=1S/C15H26O/c1-12(2)8-6-9-13(3)10-7-11-14(4)15(5)16/h9,14,16H,1,5-8,10-11H2,2-4H3/b13-9+. The van der Waals surface area contributed by atoms with Gasteiger partial charge >= 0.3 is 0 Å². The Bertz CT molecular complexity index is 261. The molecule has 1 N–H and O–H groups in total. The maximum absolute atomic E-state index is 9.17. The fourth-order valence-electron chi connectivity index (χ4n) is 1.52. The predicted molar refractivity (Wildman–Crippen MR) is 72.6 cm³/mol. The van der Waals surface area contributed by atoms with Crippen LogP contribution >= 0.6 is 0 Å². The van der Waals surface area contributed by atoms with E-state index in [0.29, 0.717) is 5.76 Å². The van der Waals surface area contributed by atoms with Crippen LogP contribution in [0.5, 0.6) is 0 Å². The van der Waals surface area contributed by atoms with E-state index in [1.807, 2.05) is 6.92 Å². The van der Waals surface area contributed by atoms with Gasteiger partial charge in [0.2, 0.25) is 0 Å². The SMILES string of the molecule is C=C(C)CC/C=C(\C)CCCC(C)C(=C)O. The van der Waals surface area contributed by atoms with Crippen molar-refractivity contribution in [3.63, 3.8) is 0 Å². The van der Waals surface area contributed by atoms with E-state index in [9.17, 15) is 0 Å². The molecule has 1 nitrogen and oxygen atoms in total.